The van der Waals surface area contributed by atoms with E-state index in [2.05, 4.69) is 6.92 Å². The van der Waals surface area contributed by atoms with Crippen molar-refractivity contribution in [2.75, 3.05) is 5.75 Å². The fourth-order valence-electron chi connectivity index (χ4n) is 7.95. The molecule has 0 aromatic carbocycles. The molecule has 0 amide bonds. The Balaban J connectivity index is 1.50. The standard InChI is InChI=1S/C21H31F3O5S/c1-19-8-6-14-13-7-9-20(26,21(22,23)24)10-12(13)2-3-15(14)16(19)4-5-17(19)18(25)11-30(27,28)29/h12-17,26H,2-11H2,1H3,(H,27,28,29)/t12-,13+,14-,15-,16+,17-,19+,20-/m1/s1. The van der Waals surface area contributed by atoms with Gasteiger partial charge in [-0.3, -0.25) is 9.35 Å². The molecule has 0 bridgehead atoms. The van der Waals surface area contributed by atoms with Gasteiger partial charge in [0.2, 0.25) is 0 Å². The van der Waals surface area contributed by atoms with Crippen LogP contribution in [-0.4, -0.2) is 41.4 Å². The number of fused-ring (bicyclic) bond motifs is 5. The molecule has 30 heavy (non-hydrogen) atoms. The van der Waals surface area contributed by atoms with E-state index < -0.39 is 33.4 Å². The van der Waals surface area contributed by atoms with Gasteiger partial charge in [0.15, 0.2) is 11.4 Å². The molecule has 4 fully saturated rings. The Hall–Kier alpha value is -0.670. The van der Waals surface area contributed by atoms with Gasteiger partial charge >= 0.3 is 6.18 Å². The monoisotopic (exact) mass is 452 g/mol. The smallest absolute Gasteiger partial charge is 0.380 e. The minimum atomic E-state index is -4.59. The Bertz CT molecular complexity index is 812. The van der Waals surface area contributed by atoms with Gasteiger partial charge in [-0.05, 0) is 92.8 Å². The first-order valence-corrected chi connectivity index (χ1v) is 12.6. The zero-order valence-electron chi connectivity index (χ0n) is 17.2. The van der Waals surface area contributed by atoms with Gasteiger partial charge in [-0.1, -0.05) is 6.92 Å². The van der Waals surface area contributed by atoms with Crippen LogP contribution in [0, 0.1) is 40.9 Å². The van der Waals surface area contributed by atoms with Gasteiger partial charge in [-0.2, -0.15) is 21.6 Å². The van der Waals surface area contributed by atoms with Gasteiger partial charge in [0.05, 0.1) is 0 Å². The molecule has 4 aliphatic carbocycles. The lowest BCUT2D eigenvalue weighted by Gasteiger charge is -2.57. The summed E-state index contributed by atoms with van der Waals surface area (Å²) >= 11 is 0. The number of halogens is 3. The number of hydrogen-bond donors (Lipinski definition) is 2. The maximum atomic E-state index is 13.3. The van der Waals surface area contributed by atoms with E-state index in [1.165, 1.54) is 0 Å². The molecule has 4 rings (SSSR count). The number of rotatable bonds is 3. The zero-order chi connectivity index (χ0) is 22.1. The van der Waals surface area contributed by atoms with Gasteiger partial charge in [0, 0.05) is 5.92 Å². The zero-order valence-corrected chi connectivity index (χ0v) is 18.0. The van der Waals surface area contributed by atoms with Crippen molar-refractivity contribution < 1.29 is 36.0 Å². The molecule has 0 aliphatic heterocycles. The van der Waals surface area contributed by atoms with Crippen LogP contribution < -0.4 is 0 Å². The van der Waals surface area contributed by atoms with Gasteiger partial charge < -0.3 is 5.11 Å². The largest absolute Gasteiger partial charge is 0.417 e. The molecule has 0 saturated heterocycles. The van der Waals surface area contributed by atoms with Crippen molar-refractivity contribution in [2.45, 2.75) is 76.5 Å². The van der Waals surface area contributed by atoms with Crippen LogP contribution in [0.3, 0.4) is 0 Å². The molecule has 0 spiro atoms. The van der Waals surface area contributed by atoms with Crippen LogP contribution in [0.4, 0.5) is 13.2 Å². The molecule has 0 radical (unpaired) electrons. The van der Waals surface area contributed by atoms with Gasteiger partial charge in [-0.25, -0.2) is 0 Å². The summed E-state index contributed by atoms with van der Waals surface area (Å²) in [5.74, 6) is -0.656. The van der Waals surface area contributed by atoms with Crippen molar-refractivity contribution in [3.63, 3.8) is 0 Å². The summed E-state index contributed by atoms with van der Waals surface area (Å²) in [6, 6.07) is 0. The van der Waals surface area contributed by atoms with Crippen molar-refractivity contribution in [2.24, 2.45) is 40.9 Å². The van der Waals surface area contributed by atoms with E-state index in [0.717, 1.165) is 25.7 Å². The van der Waals surface area contributed by atoms with E-state index in [-0.39, 0.29) is 41.9 Å². The van der Waals surface area contributed by atoms with E-state index in [0.29, 0.717) is 31.1 Å². The second kappa shape index (κ2) is 7.17. The van der Waals surface area contributed by atoms with Crippen LogP contribution in [0.25, 0.3) is 0 Å². The number of carbonyl (C=O) groups is 1. The van der Waals surface area contributed by atoms with E-state index in [4.69, 9.17) is 4.55 Å². The number of hydrogen-bond acceptors (Lipinski definition) is 4. The van der Waals surface area contributed by atoms with E-state index in [1.54, 1.807) is 0 Å². The quantitative estimate of drug-likeness (QED) is 0.632. The van der Waals surface area contributed by atoms with Crippen LogP contribution in [0.1, 0.15) is 64.7 Å². The Morgan fingerprint density at radius 2 is 1.67 bits per heavy atom. The number of Topliss-reactive ketones (excluding diaryl/α,β-unsaturated/α-hetero) is 1. The maximum Gasteiger partial charge on any atom is 0.417 e. The highest BCUT2D eigenvalue weighted by Crippen LogP contribution is 2.65. The summed E-state index contributed by atoms with van der Waals surface area (Å²) in [6.45, 7) is 2.06. The summed E-state index contributed by atoms with van der Waals surface area (Å²) in [7, 11) is -4.35. The molecule has 5 nitrogen and oxygen atoms in total. The lowest BCUT2D eigenvalue weighted by Crippen LogP contribution is -2.55. The summed E-state index contributed by atoms with van der Waals surface area (Å²) in [5, 5.41) is 10.2. The summed E-state index contributed by atoms with van der Waals surface area (Å²) in [4.78, 5) is 12.6. The topological polar surface area (TPSA) is 91.7 Å². The summed E-state index contributed by atoms with van der Waals surface area (Å²) in [5.41, 5.74) is -2.87. The van der Waals surface area contributed by atoms with Crippen molar-refractivity contribution >= 4 is 15.9 Å². The molecule has 0 aromatic rings. The van der Waals surface area contributed by atoms with Crippen molar-refractivity contribution in [1.29, 1.82) is 0 Å². The predicted octanol–water partition coefficient (Wildman–Crippen LogP) is 4.01. The molecule has 0 unspecified atom stereocenters. The number of ketones is 1. The summed E-state index contributed by atoms with van der Waals surface area (Å²) < 4.78 is 71.5. The van der Waals surface area contributed by atoms with Gasteiger partial charge in [0.25, 0.3) is 10.1 Å². The first kappa shape index (κ1) is 22.5. The van der Waals surface area contributed by atoms with Crippen LogP contribution in [0.5, 0.6) is 0 Å². The third-order valence-electron chi connectivity index (χ3n) is 9.25. The molecule has 0 aromatic heterocycles. The Labute approximate surface area is 175 Å². The molecule has 8 atom stereocenters. The minimum Gasteiger partial charge on any atom is -0.380 e. The first-order valence-electron chi connectivity index (χ1n) is 11.0. The first-order chi connectivity index (χ1) is 13.8. The highest BCUT2D eigenvalue weighted by atomic mass is 32.2. The van der Waals surface area contributed by atoms with Crippen molar-refractivity contribution in [3.05, 3.63) is 0 Å². The SMILES string of the molecule is C[C@]12CC[C@H]3[C@@H](CC[C@@H]4C[C@@](O)(C(F)(F)F)CC[C@@H]43)[C@@H]1CC[C@@H]2C(=O)CS(=O)(=O)O. The lowest BCUT2D eigenvalue weighted by molar-refractivity contribution is -0.282. The molecular formula is C21H31F3O5S. The molecule has 9 heteroatoms. The van der Waals surface area contributed by atoms with Crippen LogP contribution in [0.15, 0.2) is 0 Å². The molecular weight excluding hydrogens is 421 g/mol. The fourth-order valence-corrected chi connectivity index (χ4v) is 8.51. The predicted molar refractivity (Wildman–Crippen MR) is 103 cm³/mol. The molecule has 4 saturated carbocycles. The van der Waals surface area contributed by atoms with Gasteiger partial charge in [-0.15, -0.1) is 0 Å². The minimum absolute atomic E-state index is 0.116. The molecule has 172 valence electrons. The number of aliphatic hydroxyl groups is 1. The van der Waals surface area contributed by atoms with Gasteiger partial charge in [0.1, 0.15) is 5.75 Å². The van der Waals surface area contributed by atoms with Crippen molar-refractivity contribution in [3.8, 4) is 0 Å². The normalized spacial score (nSPS) is 46.6. The number of carbonyl (C=O) groups excluding carboxylic acids is 1. The highest BCUT2D eigenvalue weighted by Gasteiger charge is 2.62. The Morgan fingerprint density at radius 3 is 2.30 bits per heavy atom. The van der Waals surface area contributed by atoms with Crippen molar-refractivity contribution in [1.82, 2.24) is 0 Å². The van der Waals surface area contributed by atoms with E-state index >= 15 is 0 Å². The third-order valence-corrected chi connectivity index (χ3v) is 9.90. The van der Waals surface area contributed by atoms with Crippen LogP contribution in [0.2, 0.25) is 0 Å². The Kier molecular flexibility index (Phi) is 5.38. The van der Waals surface area contributed by atoms with E-state index in [9.17, 15) is 31.5 Å². The second-order valence-corrected chi connectivity index (χ2v) is 12.0. The average molecular weight is 453 g/mol. The van der Waals surface area contributed by atoms with Crippen LogP contribution in [-0.2, 0) is 14.9 Å². The van der Waals surface area contributed by atoms with Crippen LogP contribution >= 0.6 is 0 Å². The third kappa shape index (κ3) is 3.62. The highest BCUT2D eigenvalue weighted by molar-refractivity contribution is 7.86. The lowest BCUT2D eigenvalue weighted by atomic mass is 9.49. The fraction of sp³-hybridized carbons (Fsp3) is 0.952. The Morgan fingerprint density at radius 1 is 1.00 bits per heavy atom. The maximum absolute atomic E-state index is 13.3. The average Bonchev–Trinajstić information content (AvgIpc) is 2.96. The van der Waals surface area contributed by atoms with E-state index in [1.807, 2.05) is 0 Å². The molecule has 0 heterocycles. The molecule has 4 aliphatic rings. The second-order valence-electron chi connectivity index (χ2n) is 10.6. The number of alkyl halides is 3. The molecule has 2 N–H and O–H groups in total. The summed E-state index contributed by atoms with van der Waals surface area (Å²) in [6.07, 6.45) is -0.154.